The first-order valence-electron chi connectivity index (χ1n) is 10.6. The number of dihydropyridines is 1. The van der Waals surface area contributed by atoms with Crippen molar-refractivity contribution in [3.8, 4) is 5.75 Å². The molecule has 2 atom stereocenters. The first kappa shape index (κ1) is 20.9. The zero-order valence-electron chi connectivity index (χ0n) is 18.0. The first-order chi connectivity index (χ1) is 14.8. The molecule has 2 aromatic rings. The predicted octanol–water partition coefficient (Wildman–Crippen LogP) is 4.71. The van der Waals surface area contributed by atoms with Gasteiger partial charge in [0.2, 0.25) is 0 Å². The fraction of sp³-hybridized carbons (Fsp3) is 0.308. The van der Waals surface area contributed by atoms with Gasteiger partial charge in [-0.2, -0.15) is 0 Å². The van der Waals surface area contributed by atoms with Crippen LogP contribution in [0.3, 0.4) is 0 Å². The summed E-state index contributed by atoms with van der Waals surface area (Å²) in [6.45, 7) is 5.44. The number of allylic oxidation sites excluding steroid dienone is 3. The minimum atomic E-state index is -0.571. The highest BCUT2D eigenvalue weighted by Crippen LogP contribution is 2.46. The zero-order chi connectivity index (χ0) is 22.1. The summed E-state index contributed by atoms with van der Waals surface area (Å²) < 4.78 is 5.51. The molecule has 0 aromatic heterocycles. The van der Waals surface area contributed by atoms with Crippen molar-refractivity contribution in [2.75, 3.05) is 0 Å². The summed E-state index contributed by atoms with van der Waals surface area (Å²) in [4.78, 5) is 26.5. The number of aromatic hydroxyl groups is 1. The van der Waals surface area contributed by atoms with Gasteiger partial charge in [0.25, 0.3) is 0 Å². The summed E-state index contributed by atoms with van der Waals surface area (Å²) in [5.41, 5.74) is 4.38. The molecule has 0 spiro atoms. The van der Waals surface area contributed by atoms with Crippen LogP contribution in [0.5, 0.6) is 5.75 Å². The van der Waals surface area contributed by atoms with Crippen LogP contribution in [0.15, 0.2) is 77.1 Å². The molecule has 1 aliphatic carbocycles. The van der Waals surface area contributed by atoms with Crippen LogP contribution < -0.4 is 5.32 Å². The third kappa shape index (κ3) is 4.13. The summed E-state index contributed by atoms with van der Waals surface area (Å²) in [6.07, 6.45) is 0.785. The number of hydrogen-bond acceptors (Lipinski definition) is 5. The maximum atomic E-state index is 13.4. The topological polar surface area (TPSA) is 75.6 Å². The van der Waals surface area contributed by atoms with Gasteiger partial charge in [-0.1, -0.05) is 42.5 Å². The van der Waals surface area contributed by atoms with E-state index in [9.17, 15) is 14.7 Å². The van der Waals surface area contributed by atoms with Crippen LogP contribution in [0.4, 0.5) is 0 Å². The van der Waals surface area contributed by atoms with E-state index in [4.69, 9.17) is 4.74 Å². The number of ketones is 1. The molecule has 0 unspecified atom stereocenters. The van der Waals surface area contributed by atoms with Crippen LogP contribution in [0.25, 0.3) is 0 Å². The van der Waals surface area contributed by atoms with Crippen molar-refractivity contribution in [2.45, 2.75) is 51.6 Å². The Morgan fingerprint density at radius 1 is 1.06 bits per heavy atom. The minimum absolute atomic E-state index is 0.0123. The van der Waals surface area contributed by atoms with E-state index in [1.807, 2.05) is 43.3 Å². The van der Waals surface area contributed by atoms with Gasteiger partial charge in [-0.3, -0.25) is 4.79 Å². The maximum absolute atomic E-state index is 13.4. The van der Waals surface area contributed by atoms with Crippen LogP contribution in [0.2, 0.25) is 0 Å². The van der Waals surface area contributed by atoms with Crippen LogP contribution in [0.1, 0.15) is 56.6 Å². The van der Waals surface area contributed by atoms with Gasteiger partial charge in [-0.25, -0.2) is 4.79 Å². The number of benzene rings is 2. The van der Waals surface area contributed by atoms with Gasteiger partial charge in [-0.15, -0.1) is 0 Å². The van der Waals surface area contributed by atoms with Gasteiger partial charge >= 0.3 is 5.97 Å². The van der Waals surface area contributed by atoms with Crippen LogP contribution in [-0.4, -0.2) is 23.0 Å². The van der Waals surface area contributed by atoms with E-state index in [0.29, 0.717) is 35.2 Å². The number of rotatable bonds is 4. The molecule has 0 bridgehead atoms. The van der Waals surface area contributed by atoms with Gasteiger partial charge in [0.15, 0.2) is 5.78 Å². The fourth-order valence-corrected chi connectivity index (χ4v) is 4.59. The van der Waals surface area contributed by atoms with Crippen molar-refractivity contribution in [3.05, 3.63) is 88.3 Å². The standard InChI is InChI=1S/C26H27NO4/c1-15(2)31-26(30)23-16(3)27-21-13-19(17-8-5-4-6-9-17)14-22(29)25(21)24(23)18-10-7-11-20(28)12-18/h4-12,15,19,24,27-28H,13-14H2,1-3H3/t19-,24+/m1/s1. The van der Waals surface area contributed by atoms with Gasteiger partial charge in [-0.05, 0) is 56.4 Å². The largest absolute Gasteiger partial charge is 0.508 e. The molecule has 4 rings (SSSR count). The highest BCUT2D eigenvalue weighted by Gasteiger charge is 2.41. The van der Waals surface area contributed by atoms with Crippen LogP contribution in [-0.2, 0) is 14.3 Å². The normalized spacial score (nSPS) is 21.1. The Bertz CT molecular complexity index is 1080. The molecule has 1 aliphatic heterocycles. The molecule has 0 amide bonds. The van der Waals surface area contributed by atoms with Crippen molar-refractivity contribution >= 4 is 11.8 Å². The number of carbonyl (C=O) groups excluding carboxylic acids is 2. The van der Waals surface area contributed by atoms with Crippen molar-refractivity contribution in [2.24, 2.45) is 0 Å². The smallest absolute Gasteiger partial charge is 0.337 e. The number of phenols is 1. The molecule has 31 heavy (non-hydrogen) atoms. The predicted molar refractivity (Wildman–Crippen MR) is 118 cm³/mol. The van der Waals surface area contributed by atoms with E-state index < -0.39 is 11.9 Å². The first-order valence-corrected chi connectivity index (χ1v) is 10.6. The summed E-state index contributed by atoms with van der Waals surface area (Å²) in [6, 6.07) is 16.8. The monoisotopic (exact) mass is 417 g/mol. The second-order valence-corrected chi connectivity index (χ2v) is 8.48. The van der Waals surface area contributed by atoms with E-state index >= 15 is 0 Å². The number of esters is 1. The van der Waals surface area contributed by atoms with Crippen molar-refractivity contribution < 1.29 is 19.4 Å². The quantitative estimate of drug-likeness (QED) is 0.705. The Hall–Kier alpha value is -3.34. The molecular weight excluding hydrogens is 390 g/mol. The third-order valence-corrected chi connectivity index (χ3v) is 5.86. The summed E-state index contributed by atoms with van der Waals surface area (Å²) in [5, 5.41) is 13.4. The average molecular weight is 418 g/mol. The van der Waals surface area contributed by atoms with Crippen molar-refractivity contribution in [1.82, 2.24) is 5.32 Å². The van der Waals surface area contributed by atoms with Gasteiger partial charge in [0.1, 0.15) is 5.75 Å². The number of Topliss-reactive ketones (excluding diaryl/α,β-unsaturated/α-hetero) is 1. The fourth-order valence-electron chi connectivity index (χ4n) is 4.59. The molecule has 2 aliphatic rings. The molecule has 0 fully saturated rings. The molecule has 0 saturated heterocycles. The number of nitrogens with one attached hydrogen (secondary N) is 1. The van der Waals surface area contributed by atoms with Crippen molar-refractivity contribution in [3.63, 3.8) is 0 Å². The second-order valence-electron chi connectivity index (χ2n) is 8.48. The molecule has 2 N–H and O–H groups in total. The van der Waals surface area contributed by atoms with Gasteiger partial charge < -0.3 is 15.2 Å². The molecule has 160 valence electrons. The molecule has 0 saturated carbocycles. The number of hydrogen-bond donors (Lipinski definition) is 2. The highest BCUT2D eigenvalue weighted by atomic mass is 16.5. The van der Waals surface area contributed by atoms with Crippen LogP contribution in [0, 0.1) is 0 Å². The Morgan fingerprint density at radius 2 is 1.77 bits per heavy atom. The summed E-state index contributed by atoms with van der Waals surface area (Å²) in [7, 11) is 0. The maximum Gasteiger partial charge on any atom is 0.337 e. The molecule has 0 radical (unpaired) electrons. The van der Waals surface area contributed by atoms with E-state index in [2.05, 4.69) is 5.32 Å². The molecule has 2 aromatic carbocycles. The average Bonchev–Trinajstić information content (AvgIpc) is 2.72. The Morgan fingerprint density at radius 3 is 2.45 bits per heavy atom. The molecule has 5 nitrogen and oxygen atoms in total. The SMILES string of the molecule is CC1=C(C(=O)OC(C)C)[C@H](c2cccc(O)c2)C2=C(C[C@@H](c3ccccc3)CC2=O)N1. The van der Waals surface area contributed by atoms with Crippen LogP contribution >= 0.6 is 0 Å². The van der Waals surface area contributed by atoms with E-state index in [0.717, 1.165) is 11.3 Å². The minimum Gasteiger partial charge on any atom is -0.508 e. The lowest BCUT2D eigenvalue weighted by Crippen LogP contribution is -2.36. The lowest BCUT2D eigenvalue weighted by molar-refractivity contribution is -0.143. The molecular formula is C26H27NO4. The van der Waals surface area contributed by atoms with E-state index in [1.165, 1.54) is 0 Å². The number of ether oxygens (including phenoxy) is 1. The number of carbonyl (C=O) groups is 2. The second kappa shape index (κ2) is 8.42. The third-order valence-electron chi connectivity index (χ3n) is 5.86. The van der Waals surface area contributed by atoms with Gasteiger partial charge in [0, 0.05) is 29.3 Å². The Balaban J connectivity index is 1.81. The lowest BCUT2D eigenvalue weighted by atomic mass is 9.71. The highest BCUT2D eigenvalue weighted by molar-refractivity contribution is 6.04. The number of phenolic OH excluding ortho intramolecular Hbond substituents is 1. The zero-order valence-corrected chi connectivity index (χ0v) is 18.0. The Labute approximate surface area is 182 Å². The Kier molecular flexibility index (Phi) is 5.68. The molecule has 1 heterocycles. The van der Waals surface area contributed by atoms with E-state index in [-0.39, 0.29) is 23.6 Å². The van der Waals surface area contributed by atoms with Crippen molar-refractivity contribution in [1.29, 1.82) is 0 Å². The van der Waals surface area contributed by atoms with E-state index in [1.54, 1.807) is 32.0 Å². The summed E-state index contributed by atoms with van der Waals surface area (Å²) >= 11 is 0. The van der Waals surface area contributed by atoms with Gasteiger partial charge in [0.05, 0.1) is 11.7 Å². The molecule has 5 heteroatoms. The summed E-state index contributed by atoms with van der Waals surface area (Å²) in [5.74, 6) is -0.824. The lowest BCUT2D eigenvalue weighted by Gasteiger charge is -2.37.